The number of para-hydroxylation sites is 2. The van der Waals surface area contributed by atoms with Gasteiger partial charge < -0.3 is 10.3 Å². The number of aromatic nitrogens is 1. The summed E-state index contributed by atoms with van der Waals surface area (Å²) in [6, 6.07) is 17.1. The van der Waals surface area contributed by atoms with E-state index >= 15 is 0 Å². The van der Waals surface area contributed by atoms with Gasteiger partial charge >= 0.3 is 0 Å². The van der Waals surface area contributed by atoms with Crippen molar-refractivity contribution in [2.75, 3.05) is 5.32 Å². The molecule has 0 radical (unpaired) electrons. The van der Waals surface area contributed by atoms with E-state index < -0.39 is 0 Å². The van der Waals surface area contributed by atoms with E-state index in [1.165, 1.54) is 0 Å². The summed E-state index contributed by atoms with van der Waals surface area (Å²) >= 11 is 0. The van der Waals surface area contributed by atoms with Crippen LogP contribution in [-0.4, -0.2) is 10.9 Å². The smallest absolute Gasteiger partial charge is 0.224 e. The van der Waals surface area contributed by atoms with Crippen LogP contribution in [0.4, 0.5) is 5.69 Å². The topological polar surface area (TPSA) is 68.7 Å². The van der Waals surface area contributed by atoms with Crippen LogP contribution in [0, 0.1) is 11.3 Å². The first-order valence-electron chi connectivity index (χ1n) is 7.12. The molecule has 0 bridgehead atoms. The lowest BCUT2D eigenvalue weighted by Gasteiger charge is -2.06. The van der Waals surface area contributed by atoms with Crippen molar-refractivity contribution in [1.82, 2.24) is 4.98 Å². The highest BCUT2D eigenvalue weighted by Crippen LogP contribution is 2.19. The zero-order chi connectivity index (χ0) is 15.4. The van der Waals surface area contributed by atoms with Gasteiger partial charge in [-0.2, -0.15) is 5.26 Å². The molecule has 1 aromatic heterocycles. The molecule has 108 valence electrons. The van der Waals surface area contributed by atoms with Gasteiger partial charge in [0.05, 0.1) is 11.3 Å². The van der Waals surface area contributed by atoms with E-state index in [2.05, 4.69) is 16.4 Å². The summed E-state index contributed by atoms with van der Waals surface area (Å²) in [5.41, 5.74) is 3.24. The van der Waals surface area contributed by atoms with Crippen molar-refractivity contribution >= 4 is 22.5 Å². The third-order valence-corrected chi connectivity index (χ3v) is 3.62. The number of hydrogen-bond acceptors (Lipinski definition) is 2. The van der Waals surface area contributed by atoms with Crippen molar-refractivity contribution < 1.29 is 4.79 Å². The molecule has 0 spiro atoms. The highest BCUT2D eigenvalue weighted by molar-refractivity contribution is 5.92. The Morgan fingerprint density at radius 1 is 1.14 bits per heavy atom. The minimum atomic E-state index is -0.0898. The van der Waals surface area contributed by atoms with Gasteiger partial charge in [-0.3, -0.25) is 4.79 Å². The van der Waals surface area contributed by atoms with Crippen molar-refractivity contribution in [1.29, 1.82) is 5.26 Å². The molecule has 1 heterocycles. The van der Waals surface area contributed by atoms with Gasteiger partial charge in [0.2, 0.25) is 5.91 Å². The summed E-state index contributed by atoms with van der Waals surface area (Å²) in [6.07, 6.45) is 2.98. The summed E-state index contributed by atoms with van der Waals surface area (Å²) < 4.78 is 0. The first kappa shape index (κ1) is 13.9. The number of anilines is 1. The van der Waals surface area contributed by atoms with E-state index in [1.54, 1.807) is 24.3 Å². The van der Waals surface area contributed by atoms with Crippen molar-refractivity contribution in [2.24, 2.45) is 0 Å². The number of hydrogen-bond donors (Lipinski definition) is 2. The fourth-order valence-corrected chi connectivity index (χ4v) is 2.49. The molecule has 22 heavy (non-hydrogen) atoms. The fourth-order valence-electron chi connectivity index (χ4n) is 2.49. The van der Waals surface area contributed by atoms with Crippen LogP contribution < -0.4 is 5.32 Å². The third-order valence-electron chi connectivity index (χ3n) is 3.62. The minimum Gasteiger partial charge on any atom is -0.361 e. The first-order chi connectivity index (χ1) is 10.8. The molecule has 0 aliphatic heterocycles. The van der Waals surface area contributed by atoms with Gasteiger partial charge in [-0.25, -0.2) is 0 Å². The average molecular weight is 289 g/mol. The second kappa shape index (κ2) is 6.15. The summed E-state index contributed by atoms with van der Waals surface area (Å²) in [7, 11) is 0. The molecule has 2 N–H and O–H groups in total. The number of aryl methyl sites for hydroxylation is 1. The fraction of sp³-hybridized carbons (Fsp3) is 0.111. The number of amides is 1. The van der Waals surface area contributed by atoms with Crippen LogP contribution >= 0.6 is 0 Å². The predicted octanol–water partition coefficient (Wildman–Crippen LogP) is 3.61. The number of rotatable bonds is 4. The summed E-state index contributed by atoms with van der Waals surface area (Å²) in [6.45, 7) is 0. The first-order valence-corrected chi connectivity index (χ1v) is 7.12. The van der Waals surface area contributed by atoms with Gasteiger partial charge in [0.25, 0.3) is 0 Å². The Balaban J connectivity index is 1.67. The Hall–Kier alpha value is -3.06. The maximum atomic E-state index is 12.1. The number of nitrogens with zero attached hydrogens (tertiary/aromatic N) is 1. The Morgan fingerprint density at radius 2 is 1.91 bits per heavy atom. The number of fused-ring (bicyclic) bond motifs is 1. The molecule has 0 aliphatic rings. The number of aromatic amines is 1. The van der Waals surface area contributed by atoms with E-state index in [1.807, 2.05) is 30.5 Å². The number of carbonyl (C=O) groups is 1. The quantitative estimate of drug-likeness (QED) is 0.770. The van der Waals surface area contributed by atoms with Crippen molar-refractivity contribution in [2.45, 2.75) is 12.8 Å². The van der Waals surface area contributed by atoms with E-state index in [4.69, 9.17) is 5.26 Å². The predicted molar refractivity (Wildman–Crippen MR) is 86.4 cm³/mol. The summed E-state index contributed by atoms with van der Waals surface area (Å²) in [5, 5.41) is 13.0. The molecule has 4 heteroatoms. The molecule has 0 fully saturated rings. The van der Waals surface area contributed by atoms with E-state index in [-0.39, 0.29) is 5.91 Å². The van der Waals surface area contributed by atoms with Crippen molar-refractivity contribution in [3.8, 4) is 6.07 Å². The van der Waals surface area contributed by atoms with Gasteiger partial charge in [-0.15, -0.1) is 0 Å². The maximum absolute atomic E-state index is 12.1. The Bertz CT molecular complexity index is 858. The standard InChI is InChI=1S/C18H15N3O/c19-11-13-5-1-3-7-16(13)21-18(22)10-9-14-12-20-17-8-4-2-6-15(14)17/h1-8,12,20H,9-10H2,(H,21,22). The van der Waals surface area contributed by atoms with Crippen LogP contribution in [0.25, 0.3) is 10.9 Å². The molecular formula is C18H15N3O. The van der Waals surface area contributed by atoms with Gasteiger partial charge in [-0.05, 0) is 30.2 Å². The zero-order valence-corrected chi connectivity index (χ0v) is 12.0. The van der Waals surface area contributed by atoms with Crippen LogP contribution in [0.1, 0.15) is 17.5 Å². The molecule has 0 saturated heterocycles. The number of carbonyl (C=O) groups excluding carboxylic acids is 1. The van der Waals surface area contributed by atoms with Crippen LogP contribution in [0.2, 0.25) is 0 Å². The largest absolute Gasteiger partial charge is 0.361 e. The van der Waals surface area contributed by atoms with Crippen molar-refractivity contribution in [3.63, 3.8) is 0 Å². The molecule has 3 aromatic rings. The minimum absolute atomic E-state index is 0.0898. The van der Waals surface area contributed by atoms with Gasteiger partial charge in [0, 0.05) is 23.5 Å². The number of nitrogens with one attached hydrogen (secondary N) is 2. The molecule has 0 unspecified atom stereocenters. The molecule has 0 saturated carbocycles. The average Bonchev–Trinajstić information content (AvgIpc) is 2.97. The highest BCUT2D eigenvalue weighted by Gasteiger charge is 2.08. The lowest BCUT2D eigenvalue weighted by Crippen LogP contribution is -2.13. The SMILES string of the molecule is N#Cc1ccccc1NC(=O)CCc1c[nH]c2ccccc12. The molecule has 2 aromatic carbocycles. The number of nitriles is 1. The number of H-pyrrole nitrogens is 1. The summed E-state index contributed by atoms with van der Waals surface area (Å²) in [4.78, 5) is 15.3. The molecule has 0 atom stereocenters. The molecule has 0 aliphatic carbocycles. The van der Waals surface area contributed by atoms with Crippen LogP contribution in [0.3, 0.4) is 0 Å². The second-order valence-corrected chi connectivity index (χ2v) is 5.07. The second-order valence-electron chi connectivity index (χ2n) is 5.07. The van der Waals surface area contributed by atoms with E-state index in [0.29, 0.717) is 24.1 Å². The molecule has 4 nitrogen and oxygen atoms in total. The van der Waals surface area contributed by atoms with Crippen molar-refractivity contribution in [3.05, 3.63) is 65.9 Å². The summed E-state index contributed by atoms with van der Waals surface area (Å²) in [5.74, 6) is -0.0898. The van der Waals surface area contributed by atoms with Gasteiger partial charge in [0.15, 0.2) is 0 Å². The molecular weight excluding hydrogens is 274 g/mol. The third kappa shape index (κ3) is 2.84. The monoisotopic (exact) mass is 289 g/mol. The normalized spacial score (nSPS) is 10.3. The Kier molecular flexibility index (Phi) is 3.88. The van der Waals surface area contributed by atoms with E-state index in [9.17, 15) is 4.79 Å². The van der Waals surface area contributed by atoms with Crippen LogP contribution in [0.5, 0.6) is 0 Å². The number of benzene rings is 2. The lowest BCUT2D eigenvalue weighted by molar-refractivity contribution is -0.116. The van der Waals surface area contributed by atoms with E-state index in [0.717, 1.165) is 16.5 Å². The van der Waals surface area contributed by atoms with Gasteiger partial charge in [-0.1, -0.05) is 30.3 Å². The zero-order valence-electron chi connectivity index (χ0n) is 12.0. The van der Waals surface area contributed by atoms with Crippen LogP contribution in [-0.2, 0) is 11.2 Å². The molecule has 3 rings (SSSR count). The lowest BCUT2D eigenvalue weighted by atomic mass is 10.1. The van der Waals surface area contributed by atoms with Gasteiger partial charge in [0.1, 0.15) is 6.07 Å². The Morgan fingerprint density at radius 3 is 2.77 bits per heavy atom. The van der Waals surface area contributed by atoms with Crippen LogP contribution in [0.15, 0.2) is 54.7 Å². The Labute approximate surface area is 128 Å². The molecule has 1 amide bonds. The maximum Gasteiger partial charge on any atom is 0.224 e. The highest BCUT2D eigenvalue weighted by atomic mass is 16.1.